The summed E-state index contributed by atoms with van der Waals surface area (Å²) >= 11 is 3.42. The van der Waals surface area contributed by atoms with E-state index in [1.165, 1.54) is 11.9 Å². The molecule has 0 aliphatic heterocycles. The Labute approximate surface area is 232 Å². The van der Waals surface area contributed by atoms with E-state index in [-0.39, 0.29) is 18.9 Å². The van der Waals surface area contributed by atoms with E-state index in [9.17, 15) is 18.0 Å². The molecule has 0 spiro atoms. The van der Waals surface area contributed by atoms with Crippen molar-refractivity contribution in [3.63, 3.8) is 0 Å². The minimum Gasteiger partial charge on any atom is -0.494 e. The molecule has 0 saturated heterocycles. The second kappa shape index (κ2) is 13.4. The van der Waals surface area contributed by atoms with Crippen molar-refractivity contribution in [3.05, 3.63) is 94.5 Å². The zero-order valence-corrected chi connectivity index (χ0v) is 24.0. The molecule has 38 heavy (non-hydrogen) atoms. The molecule has 2 amide bonds. The maximum atomic E-state index is 13.9. The van der Waals surface area contributed by atoms with Crippen molar-refractivity contribution < 1.29 is 22.7 Å². The molecule has 0 aliphatic rings. The Balaban J connectivity index is 1.99. The topological polar surface area (TPSA) is 96.0 Å². The molecule has 0 radical (unpaired) electrons. The number of benzene rings is 3. The number of anilines is 1. The summed E-state index contributed by atoms with van der Waals surface area (Å²) in [6.45, 7) is 1.98. The van der Waals surface area contributed by atoms with Crippen molar-refractivity contribution in [2.24, 2.45) is 0 Å². The zero-order valence-electron chi connectivity index (χ0n) is 21.6. The van der Waals surface area contributed by atoms with Crippen molar-refractivity contribution in [1.29, 1.82) is 0 Å². The molecule has 0 heterocycles. The predicted molar refractivity (Wildman–Crippen MR) is 152 cm³/mol. The van der Waals surface area contributed by atoms with Crippen LogP contribution in [0.25, 0.3) is 0 Å². The fourth-order valence-electron chi connectivity index (χ4n) is 4.00. The Morgan fingerprint density at radius 1 is 0.947 bits per heavy atom. The van der Waals surface area contributed by atoms with E-state index in [2.05, 4.69) is 21.2 Å². The smallest absolute Gasteiger partial charge is 0.244 e. The number of nitrogens with one attached hydrogen (secondary N) is 1. The molecule has 3 rings (SSSR count). The number of carbonyl (C=O) groups excluding carboxylic acids is 2. The predicted octanol–water partition coefficient (Wildman–Crippen LogP) is 4.00. The Hall–Kier alpha value is -3.37. The van der Waals surface area contributed by atoms with Gasteiger partial charge in [-0.1, -0.05) is 58.4 Å². The van der Waals surface area contributed by atoms with Crippen molar-refractivity contribution in [3.8, 4) is 5.75 Å². The van der Waals surface area contributed by atoms with Crippen LogP contribution in [0.2, 0.25) is 0 Å². The summed E-state index contributed by atoms with van der Waals surface area (Å²) in [5, 5.41) is 2.66. The summed E-state index contributed by atoms with van der Waals surface area (Å²) in [7, 11) is -2.30. The first-order valence-electron chi connectivity index (χ1n) is 12.1. The quantitative estimate of drug-likeness (QED) is 0.338. The molecule has 10 heteroatoms. The molecule has 0 saturated carbocycles. The third kappa shape index (κ3) is 8.06. The van der Waals surface area contributed by atoms with Crippen molar-refractivity contribution in [2.75, 3.05) is 30.8 Å². The van der Waals surface area contributed by atoms with E-state index >= 15 is 0 Å². The summed E-state index contributed by atoms with van der Waals surface area (Å²) in [6, 6.07) is 22.5. The number of carbonyl (C=O) groups is 2. The maximum Gasteiger partial charge on any atom is 0.244 e. The number of likely N-dealkylation sites (N-methyl/N-ethyl adjacent to an activating group) is 1. The third-order valence-corrected chi connectivity index (χ3v) is 7.57. The minimum atomic E-state index is -3.82. The van der Waals surface area contributed by atoms with Gasteiger partial charge in [-0.2, -0.15) is 0 Å². The number of hydrogen-bond acceptors (Lipinski definition) is 5. The first kappa shape index (κ1) is 29.2. The van der Waals surface area contributed by atoms with Gasteiger partial charge in [0, 0.05) is 24.5 Å². The molecule has 0 aromatic heterocycles. The zero-order chi connectivity index (χ0) is 27.7. The van der Waals surface area contributed by atoms with E-state index in [4.69, 9.17) is 4.74 Å². The van der Waals surface area contributed by atoms with Crippen LogP contribution in [0.1, 0.15) is 18.1 Å². The van der Waals surface area contributed by atoms with Gasteiger partial charge >= 0.3 is 0 Å². The van der Waals surface area contributed by atoms with Crippen LogP contribution >= 0.6 is 15.9 Å². The van der Waals surface area contributed by atoms with Crippen LogP contribution in [0.5, 0.6) is 5.75 Å². The molecule has 1 atom stereocenters. The number of halogens is 1. The number of sulfonamides is 1. The van der Waals surface area contributed by atoms with E-state index in [0.29, 0.717) is 18.0 Å². The van der Waals surface area contributed by atoms with Crippen molar-refractivity contribution >= 4 is 43.5 Å². The lowest BCUT2D eigenvalue weighted by molar-refractivity contribution is -0.139. The molecule has 0 bridgehead atoms. The van der Waals surface area contributed by atoms with Gasteiger partial charge in [0.2, 0.25) is 21.8 Å². The monoisotopic (exact) mass is 601 g/mol. The molecule has 3 aromatic rings. The first-order chi connectivity index (χ1) is 18.1. The van der Waals surface area contributed by atoms with Crippen LogP contribution < -0.4 is 14.4 Å². The first-order valence-corrected chi connectivity index (χ1v) is 14.8. The summed E-state index contributed by atoms with van der Waals surface area (Å²) in [5.41, 5.74) is 2.00. The van der Waals surface area contributed by atoms with Gasteiger partial charge in [-0.25, -0.2) is 8.42 Å². The second-order valence-corrected chi connectivity index (χ2v) is 11.5. The molecule has 3 aromatic carbocycles. The Bertz CT molecular complexity index is 1320. The normalized spacial score (nSPS) is 11.9. The highest BCUT2D eigenvalue weighted by Gasteiger charge is 2.32. The summed E-state index contributed by atoms with van der Waals surface area (Å²) in [4.78, 5) is 28.4. The van der Waals surface area contributed by atoms with Gasteiger partial charge in [0.25, 0.3) is 0 Å². The number of nitrogens with zero attached hydrogens (tertiary/aromatic N) is 2. The fourth-order valence-corrected chi connectivity index (χ4v) is 5.11. The fraction of sp³-hybridized carbons (Fsp3) is 0.286. The summed E-state index contributed by atoms with van der Waals surface area (Å²) in [5.74, 6) is -0.251. The number of rotatable bonds is 12. The Kier molecular flexibility index (Phi) is 10.3. The second-order valence-electron chi connectivity index (χ2n) is 8.66. The van der Waals surface area contributed by atoms with Crippen LogP contribution in [0.3, 0.4) is 0 Å². The molecular formula is C28H32BrN3O5S. The highest BCUT2D eigenvalue weighted by molar-refractivity contribution is 9.10. The average molecular weight is 603 g/mol. The summed E-state index contributed by atoms with van der Waals surface area (Å²) in [6.07, 6.45) is 1.32. The maximum absolute atomic E-state index is 13.9. The third-order valence-electron chi connectivity index (χ3n) is 5.90. The highest BCUT2D eigenvalue weighted by Crippen LogP contribution is 2.23. The number of hydrogen-bond donors (Lipinski definition) is 1. The molecule has 8 nitrogen and oxygen atoms in total. The van der Waals surface area contributed by atoms with E-state index < -0.39 is 28.5 Å². The number of ether oxygens (including phenoxy) is 1. The molecule has 202 valence electrons. The van der Waals surface area contributed by atoms with Gasteiger partial charge in [-0.3, -0.25) is 13.9 Å². The lowest BCUT2D eigenvalue weighted by Crippen LogP contribution is -2.52. The molecule has 1 N–H and O–H groups in total. The van der Waals surface area contributed by atoms with Crippen LogP contribution in [0, 0.1) is 0 Å². The van der Waals surface area contributed by atoms with E-state index in [1.807, 2.05) is 61.5 Å². The Morgan fingerprint density at radius 3 is 2.13 bits per heavy atom. The van der Waals surface area contributed by atoms with E-state index in [1.54, 1.807) is 24.3 Å². The van der Waals surface area contributed by atoms with Crippen molar-refractivity contribution in [1.82, 2.24) is 10.2 Å². The number of amides is 2. The average Bonchev–Trinajstić information content (AvgIpc) is 2.90. The standard InChI is InChI=1S/C28H32BrN3O5S/c1-4-37-25-16-14-24(15-17-25)32(38(3,35)36)20-27(33)31(19-22-10-12-23(29)13-11-22)26(28(34)30-2)18-21-8-6-5-7-9-21/h5-17,26H,4,18-20H2,1-3H3,(H,30,34)/t26-/m1/s1. The van der Waals surface area contributed by atoms with Crippen LogP contribution in [0.4, 0.5) is 5.69 Å². The SMILES string of the molecule is CCOc1ccc(N(CC(=O)N(Cc2ccc(Br)cc2)[C@H](Cc2ccccc2)C(=O)NC)S(C)(=O)=O)cc1. The van der Waals surface area contributed by atoms with E-state index in [0.717, 1.165) is 26.2 Å². The van der Waals surface area contributed by atoms with Gasteiger partial charge in [-0.05, 0) is 54.4 Å². The van der Waals surface area contributed by atoms with Crippen LogP contribution in [-0.4, -0.2) is 57.6 Å². The van der Waals surface area contributed by atoms with Crippen LogP contribution in [0.15, 0.2) is 83.3 Å². The molecule has 0 unspecified atom stereocenters. The van der Waals surface area contributed by atoms with Gasteiger partial charge < -0.3 is 15.0 Å². The summed E-state index contributed by atoms with van der Waals surface area (Å²) < 4.78 is 33.0. The molecular weight excluding hydrogens is 570 g/mol. The van der Waals surface area contributed by atoms with Gasteiger partial charge in [0.15, 0.2) is 0 Å². The van der Waals surface area contributed by atoms with Gasteiger partial charge in [0.05, 0.1) is 18.6 Å². The molecule has 0 fully saturated rings. The highest BCUT2D eigenvalue weighted by atomic mass is 79.9. The largest absolute Gasteiger partial charge is 0.494 e. The minimum absolute atomic E-state index is 0.123. The van der Waals surface area contributed by atoms with Gasteiger partial charge in [-0.15, -0.1) is 0 Å². The van der Waals surface area contributed by atoms with Crippen molar-refractivity contribution in [2.45, 2.75) is 25.9 Å². The lowest BCUT2D eigenvalue weighted by Gasteiger charge is -2.33. The molecule has 0 aliphatic carbocycles. The lowest BCUT2D eigenvalue weighted by atomic mass is 10.0. The Morgan fingerprint density at radius 2 is 1.58 bits per heavy atom. The van der Waals surface area contributed by atoms with Gasteiger partial charge in [0.1, 0.15) is 18.3 Å². The van der Waals surface area contributed by atoms with Crippen LogP contribution in [-0.2, 0) is 32.6 Å².